The van der Waals surface area contributed by atoms with Crippen molar-refractivity contribution in [1.29, 1.82) is 0 Å². The Bertz CT molecular complexity index is 1050. The van der Waals surface area contributed by atoms with E-state index in [-0.39, 0.29) is 26.2 Å². The van der Waals surface area contributed by atoms with E-state index in [9.17, 15) is 18.7 Å². The molecule has 0 bridgehead atoms. The number of aromatic carboxylic acids is 1. The van der Waals surface area contributed by atoms with Crippen molar-refractivity contribution in [1.82, 2.24) is 4.98 Å². The van der Waals surface area contributed by atoms with Crippen LogP contribution in [-0.2, 0) is 5.92 Å². The summed E-state index contributed by atoms with van der Waals surface area (Å²) in [6.07, 6.45) is 3.27. The van der Waals surface area contributed by atoms with Crippen molar-refractivity contribution in [3.63, 3.8) is 0 Å². The minimum absolute atomic E-state index is 0.0511. The van der Waals surface area contributed by atoms with Gasteiger partial charge in [-0.3, -0.25) is 0 Å². The van der Waals surface area contributed by atoms with Crippen molar-refractivity contribution in [3.8, 4) is 17.0 Å². The summed E-state index contributed by atoms with van der Waals surface area (Å²) in [5.74, 6) is -3.67. The number of fused-ring (bicyclic) bond motifs is 1. The summed E-state index contributed by atoms with van der Waals surface area (Å²) in [6, 6.07) is 8.38. The van der Waals surface area contributed by atoms with Gasteiger partial charge in [-0.25, -0.2) is 18.6 Å². The van der Waals surface area contributed by atoms with E-state index in [4.69, 9.17) is 4.74 Å². The number of pyridine rings is 1. The van der Waals surface area contributed by atoms with Gasteiger partial charge in [0.25, 0.3) is 5.92 Å². The maximum Gasteiger partial charge on any atom is 0.346 e. The number of carbonyl (C=O) groups is 1. The molecule has 0 saturated heterocycles. The molecule has 1 N–H and O–H groups in total. The lowest BCUT2D eigenvalue weighted by atomic mass is 9.99. The number of alkyl halides is 2. The highest BCUT2D eigenvalue weighted by Crippen LogP contribution is 2.41. The van der Waals surface area contributed by atoms with Gasteiger partial charge in [-0.15, -0.1) is 11.3 Å². The molecule has 29 heavy (non-hydrogen) atoms. The summed E-state index contributed by atoms with van der Waals surface area (Å²) in [5, 5.41) is 9.57. The quantitative estimate of drug-likeness (QED) is 0.420. The average molecular weight is 417 g/mol. The molecular weight excluding hydrogens is 396 g/mol. The highest BCUT2D eigenvalue weighted by atomic mass is 32.1. The van der Waals surface area contributed by atoms with E-state index in [1.807, 2.05) is 0 Å². The largest absolute Gasteiger partial charge is 0.494 e. The van der Waals surface area contributed by atoms with Crippen molar-refractivity contribution in [2.45, 2.75) is 32.6 Å². The van der Waals surface area contributed by atoms with Gasteiger partial charge >= 0.3 is 5.97 Å². The van der Waals surface area contributed by atoms with E-state index in [2.05, 4.69) is 18.5 Å². The Balaban J connectivity index is 2.12. The van der Waals surface area contributed by atoms with Gasteiger partial charge in [-0.1, -0.05) is 26.0 Å². The first-order chi connectivity index (χ1) is 13.8. The molecule has 0 unspecified atom stereocenters. The number of hydrogen-bond donors (Lipinski definition) is 1. The zero-order chi connectivity index (χ0) is 21.2. The normalized spacial score (nSPS) is 11.6. The molecule has 0 saturated carbocycles. The van der Waals surface area contributed by atoms with E-state index < -0.39 is 11.9 Å². The Labute approximate surface area is 171 Å². The number of benzene rings is 1. The van der Waals surface area contributed by atoms with Crippen LogP contribution >= 0.6 is 11.3 Å². The first-order valence-corrected chi connectivity index (χ1v) is 10.0. The Morgan fingerprint density at radius 1 is 1.34 bits per heavy atom. The van der Waals surface area contributed by atoms with Gasteiger partial charge in [-0.05, 0) is 36.8 Å². The maximum atomic E-state index is 14.4. The number of aromatic nitrogens is 1. The number of carboxylic acids is 1. The van der Waals surface area contributed by atoms with Gasteiger partial charge in [0.2, 0.25) is 0 Å². The summed E-state index contributed by atoms with van der Waals surface area (Å²) in [7, 11) is 0. The van der Waals surface area contributed by atoms with Gasteiger partial charge < -0.3 is 9.84 Å². The molecule has 0 fully saturated rings. The van der Waals surface area contributed by atoms with Crippen LogP contribution in [0, 0.1) is 0 Å². The van der Waals surface area contributed by atoms with Crippen LogP contribution in [0.15, 0.2) is 36.9 Å². The molecule has 0 aliphatic rings. The number of carboxylic acid groups (broad SMARTS) is 1. The maximum absolute atomic E-state index is 14.4. The van der Waals surface area contributed by atoms with Gasteiger partial charge in [0.1, 0.15) is 15.5 Å². The van der Waals surface area contributed by atoms with Gasteiger partial charge in [-0.2, -0.15) is 0 Å². The van der Waals surface area contributed by atoms with E-state index in [0.717, 1.165) is 31.1 Å². The molecule has 0 radical (unpaired) electrons. The third-order valence-corrected chi connectivity index (χ3v) is 5.57. The lowest BCUT2D eigenvalue weighted by Crippen LogP contribution is -2.09. The average Bonchev–Trinajstić information content (AvgIpc) is 3.06. The minimum Gasteiger partial charge on any atom is -0.494 e. The molecule has 0 aliphatic carbocycles. The number of nitrogens with zero attached hydrogens (tertiary/aromatic N) is 1. The first-order valence-electron chi connectivity index (χ1n) is 9.21. The van der Waals surface area contributed by atoms with Crippen LogP contribution in [0.4, 0.5) is 8.78 Å². The van der Waals surface area contributed by atoms with Gasteiger partial charge in [0.05, 0.1) is 12.3 Å². The molecule has 7 heteroatoms. The molecule has 0 spiro atoms. The lowest BCUT2D eigenvalue weighted by Gasteiger charge is -2.15. The summed E-state index contributed by atoms with van der Waals surface area (Å²) < 4.78 is 34.5. The first kappa shape index (κ1) is 20.9. The van der Waals surface area contributed by atoms with E-state index in [0.29, 0.717) is 23.6 Å². The Kier molecular flexibility index (Phi) is 5.98. The Hall–Kier alpha value is -2.80. The Morgan fingerprint density at radius 3 is 2.59 bits per heavy atom. The predicted molar refractivity (Wildman–Crippen MR) is 112 cm³/mol. The zero-order valence-electron chi connectivity index (χ0n) is 16.2. The monoisotopic (exact) mass is 417 g/mol. The minimum atomic E-state index is -3.17. The summed E-state index contributed by atoms with van der Waals surface area (Å²) in [6.45, 7) is 7.08. The van der Waals surface area contributed by atoms with E-state index >= 15 is 0 Å². The van der Waals surface area contributed by atoms with Crippen molar-refractivity contribution >= 4 is 33.6 Å². The number of ether oxygens (including phenoxy) is 1. The standard InChI is InChI=1S/C22H21F2NO3S/c1-4-6-11-28-14-9-7-13(8-10-14)17-12-16(22(3,23)24)18-15(5-2)19(21(26)27)29-20(18)25-17/h5,7-10,12H,2,4,6,11H2,1,3H3,(H,26,27). The molecule has 0 atom stereocenters. The molecule has 2 heterocycles. The fraction of sp³-hybridized carbons (Fsp3) is 0.273. The number of unbranched alkanes of at least 4 members (excludes halogenated alkanes) is 1. The van der Waals surface area contributed by atoms with Crippen molar-refractivity contribution < 1.29 is 23.4 Å². The molecular formula is C22H21F2NO3S. The van der Waals surface area contributed by atoms with Gasteiger partial charge in [0.15, 0.2) is 0 Å². The van der Waals surface area contributed by atoms with Crippen LogP contribution in [0.2, 0.25) is 0 Å². The summed E-state index contributed by atoms with van der Waals surface area (Å²) in [4.78, 5) is 16.2. The molecule has 1 aromatic carbocycles. The third kappa shape index (κ3) is 4.29. The molecule has 4 nitrogen and oxygen atoms in total. The molecule has 0 aliphatic heterocycles. The molecule has 3 aromatic rings. The van der Waals surface area contributed by atoms with Crippen molar-refractivity contribution in [2.75, 3.05) is 6.61 Å². The number of halogens is 2. The number of thiophene rings is 1. The predicted octanol–water partition coefficient (Wildman–Crippen LogP) is 6.60. The molecule has 2 aromatic heterocycles. The molecule has 152 valence electrons. The smallest absolute Gasteiger partial charge is 0.346 e. The second-order valence-corrected chi connectivity index (χ2v) is 7.70. The van der Waals surface area contributed by atoms with Crippen molar-refractivity contribution in [2.24, 2.45) is 0 Å². The highest BCUT2D eigenvalue weighted by Gasteiger charge is 2.31. The second-order valence-electron chi connectivity index (χ2n) is 6.70. The van der Waals surface area contributed by atoms with Crippen molar-refractivity contribution in [3.05, 3.63) is 52.9 Å². The fourth-order valence-corrected chi connectivity index (χ4v) is 4.07. The van der Waals surface area contributed by atoms with Crippen LogP contribution < -0.4 is 4.74 Å². The van der Waals surface area contributed by atoms with Crippen LogP contribution in [0.25, 0.3) is 27.6 Å². The van der Waals surface area contributed by atoms with Crippen LogP contribution in [0.1, 0.15) is 47.5 Å². The van der Waals surface area contributed by atoms with Crippen LogP contribution in [-0.4, -0.2) is 22.7 Å². The van der Waals surface area contributed by atoms with E-state index in [1.54, 1.807) is 24.3 Å². The van der Waals surface area contributed by atoms with E-state index in [1.165, 1.54) is 12.1 Å². The summed E-state index contributed by atoms with van der Waals surface area (Å²) >= 11 is 0.873. The second kappa shape index (κ2) is 8.29. The Morgan fingerprint density at radius 2 is 2.03 bits per heavy atom. The zero-order valence-corrected chi connectivity index (χ0v) is 17.0. The SMILES string of the molecule is C=Cc1c(C(=O)O)sc2nc(-c3ccc(OCCCC)cc3)cc(C(C)(F)F)c12. The van der Waals surface area contributed by atoms with Gasteiger partial charge in [0, 0.05) is 29.0 Å². The van der Waals surface area contributed by atoms with Crippen LogP contribution in [0.3, 0.4) is 0 Å². The third-order valence-electron chi connectivity index (χ3n) is 4.49. The number of hydrogen-bond acceptors (Lipinski definition) is 4. The number of rotatable bonds is 8. The molecule has 0 amide bonds. The van der Waals surface area contributed by atoms with Crippen LogP contribution in [0.5, 0.6) is 5.75 Å². The topological polar surface area (TPSA) is 59.4 Å². The summed E-state index contributed by atoms with van der Waals surface area (Å²) in [5.41, 5.74) is 0.903. The highest BCUT2D eigenvalue weighted by molar-refractivity contribution is 7.20. The lowest BCUT2D eigenvalue weighted by molar-refractivity contribution is 0.0190. The molecule has 3 rings (SSSR count). The fourth-order valence-electron chi connectivity index (χ4n) is 3.02.